The van der Waals surface area contributed by atoms with Crippen LogP contribution >= 0.6 is 0 Å². The van der Waals surface area contributed by atoms with E-state index in [9.17, 15) is 9.18 Å². The summed E-state index contributed by atoms with van der Waals surface area (Å²) in [6.07, 6.45) is 3.29. The van der Waals surface area contributed by atoms with Crippen LogP contribution in [0, 0.1) is 19.7 Å². The molecule has 0 atom stereocenters. The summed E-state index contributed by atoms with van der Waals surface area (Å²) < 4.78 is 20.3. The predicted octanol–water partition coefficient (Wildman–Crippen LogP) is 3.49. The average molecular weight is 361 g/mol. The Morgan fingerprint density at radius 3 is 2.58 bits per heavy atom. The first kappa shape index (κ1) is 20.1. The van der Waals surface area contributed by atoms with Crippen molar-refractivity contribution >= 4 is 5.91 Å². The number of hydrogen-bond donors (Lipinski definition) is 1. The van der Waals surface area contributed by atoms with Crippen LogP contribution < -0.4 is 5.32 Å². The molecule has 0 spiro atoms. The van der Waals surface area contributed by atoms with Crippen molar-refractivity contribution in [2.45, 2.75) is 46.5 Å². The summed E-state index contributed by atoms with van der Waals surface area (Å²) in [6, 6.07) is 6.16. The number of carbonyl (C=O) groups is 1. The molecule has 0 unspecified atom stereocenters. The number of ether oxygens (including phenoxy) is 1. The van der Waals surface area contributed by atoms with Crippen LogP contribution in [-0.2, 0) is 16.0 Å². The van der Waals surface area contributed by atoms with Gasteiger partial charge in [-0.1, -0.05) is 13.3 Å². The van der Waals surface area contributed by atoms with Gasteiger partial charge in [0, 0.05) is 31.0 Å². The number of unbranched alkanes of at least 4 members (excludes halogenated alkanes) is 1. The third-order valence-corrected chi connectivity index (χ3v) is 4.28. The fraction of sp³-hybridized carbons (Fsp3) is 0.500. The Morgan fingerprint density at radius 2 is 1.88 bits per heavy atom. The maximum atomic E-state index is 13.1. The summed E-state index contributed by atoms with van der Waals surface area (Å²) in [6.45, 7) is 8.00. The van der Waals surface area contributed by atoms with Gasteiger partial charge in [0.2, 0.25) is 5.91 Å². The van der Waals surface area contributed by atoms with E-state index in [-0.39, 0.29) is 18.1 Å². The van der Waals surface area contributed by atoms with Crippen molar-refractivity contribution in [2.75, 3.05) is 19.8 Å². The van der Waals surface area contributed by atoms with Crippen molar-refractivity contribution in [1.29, 1.82) is 0 Å². The van der Waals surface area contributed by atoms with Gasteiger partial charge in [-0.15, -0.1) is 0 Å². The smallest absolute Gasteiger partial charge is 0.224 e. The minimum Gasteiger partial charge on any atom is -0.381 e. The van der Waals surface area contributed by atoms with E-state index >= 15 is 0 Å². The Morgan fingerprint density at radius 1 is 1.19 bits per heavy atom. The second-order valence-corrected chi connectivity index (χ2v) is 6.38. The molecule has 5 nitrogen and oxygen atoms in total. The van der Waals surface area contributed by atoms with Crippen molar-refractivity contribution in [1.82, 2.24) is 15.1 Å². The van der Waals surface area contributed by atoms with Gasteiger partial charge in [0.1, 0.15) is 5.82 Å². The van der Waals surface area contributed by atoms with E-state index in [4.69, 9.17) is 4.74 Å². The number of hydrogen-bond acceptors (Lipinski definition) is 3. The number of halogens is 1. The van der Waals surface area contributed by atoms with Crippen LogP contribution in [0.15, 0.2) is 24.3 Å². The van der Waals surface area contributed by atoms with Crippen molar-refractivity contribution in [3.63, 3.8) is 0 Å². The SMILES string of the molecule is CCCCOCCCNC(=O)Cc1c(C)nn(-c2ccc(F)cc2)c1C. The van der Waals surface area contributed by atoms with Gasteiger partial charge in [0.05, 0.1) is 17.8 Å². The normalized spacial score (nSPS) is 10.9. The Bertz CT molecular complexity index is 711. The number of amides is 1. The third-order valence-electron chi connectivity index (χ3n) is 4.28. The second kappa shape index (κ2) is 10.1. The zero-order valence-corrected chi connectivity index (χ0v) is 15.8. The van der Waals surface area contributed by atoms with Crippen LogP contribution in [0.5, 0.6) is 0 Å². The lowest BCUT2D eigenvalue weighted by Crippen LogP contribution is -2.27. The van der Waals surface area contributed by atoms with Crippen molar-refractivity contribution in [3.05, 3.63) is 47.0 Å². The van der Waals surface area contributed by atoms with E-state index in [0.717, 1.165) is 48.5 Å². The van der Waals surface area contributed by atoms with Crippen LogP contribution in [0.25, 0.3) is 5.69 Å². The molecule has 0 aliphatic rings. The summed E-state index contributed by atoms with van der Waals surface area (Å²) in [5, 5.41) is 7.42. The van der Waals surface area contributed by atoms with E-state index in [2.05, 4.69) is 17.3 Å². The summed E-state index contributed by atoms with van der Waals surface area (Å²) in [4.78, 5) is 12.2. The first-order chi connectivity index (χ1) is 12.5. The highest BCUT2D eigenvalue weighted by Gasteiger charge is 2.15. The fourth-order valence-corrected chi connectivity index (χ4v) is 2.74. The van der Waals surface area contributed by atoms with Gasteiger partial charge in [-0.2, -0.15) is 5.10 Å². The molecule has 0 aliphatic carbocycles. The summed E-state index contributed by atoms with van der Waals surface area (Å²) in [5.41, 5.74) is 3.39. The number of nitrogens with one attached hydrogen (secondary N) is 1. The topological polar surface area (TPSA) is 56.1 Å². The molecule has 0 fully saturated rings. The van der Waals surface area contributed by atoms with Crippen LogP contribution in [-0.4, -0.2) is 35.4 Å². The highest BCUT2D eigenvalue weighted by Crippen LogP contribution is 2.18. The monoisotopic (exact) mass is 361 g/mol. The van der Waals surface area contributed by atoms with Crippen LogP contribution in [0.1, 0.15) is 43.1 Å². The standard InChI is InChI=1S/C20H28FN3O2/c1-4-5-12-26-13-6-11-22-20(25)14-19-15(2)23-24(16(19)3)18-9-7-17(21)8-10-18/h7-10H,4-6,11-14H2,1-3H3,(H,22,25). The highest BCUT2D eigenvalue weighted by atomic mass is 19.1. The van der Waals surface area contributed by atoms with E-state index in [1.165, 1.54) is 12.1 Å². The molecule has 0 saturated carbocycles. The molecule has 0 radical (unpaired) electrons. The molecule has 2 aromatic rings. The summed E-state index contributed by atoms with van der Waals surface area (Å²) in [5.74, 6) is -0.308. The Kier molecular flexibility index (Phi) is 7.78. The molecule has 0 saturated heterocycles. The van der Waals surface area contributed by atoms with Crippen molar-refractivity contribution in [3.8, 4) is 5.69 Å². The maximum absolute atomic E-state index is 13.1. The molecule has 0 aliphatic heterocycles. The maximum Gasteiger partial charge on any atom is 0.224 e. The molecule has 1 heterocycles. The van der Waals surface area contributed by atoms with E-state index in [1.807, 2.05) is 13.8 Å². The van der Waals surface area contributed by atoms with Crippen molar-refractivity contribution < 1.29 is 13.9 Å². The van der Waals surface area contributed by atoms with Crippen molar-refractivity contribution in [2.24, 2.45) is 0 Å². The van der Waals surface area contributed by atoms with Gasteiger partial charge in [-0.05, 0) is 51.0 Å². The number of nitrogens with zero attached hydrogens (tertiary/aromatic N) is 2. The average Bonchev–Trinajstić information content (AvgIpc) is 2.90. The Labute approximate surface area is 154 Å². The van der Waals surface area contributed by atoms with Gasteiger partial charge in [-0.3, -0.25) is 4.79 Å². The zero-order valence-electron chi connectivity index (χ0n) is 15.8. The molecular weight excluding hydrogens is 333 g/mol. The molecule has 1 aromatic heterocycles. The van der Waals surface area contributed by atoms with E-state index < -0.39 is 0 Å². The van der Waals surface area contributed by atoms with E-state index in [0.29, 0.717) is 13.2 Å². The molecule has 0 bridgehead atoms. The number of rotatable bonds is 10. The van der Waals surface area contributed by atoms with Crippen LogP contribution in [0.2, 0.25) is 0 Å². The van der Waals surface area contributed by atoms with Gasteiger partial charge in [0.25, 0.3) is 0 Å². The first-order valence-corrected chi connectivity index (χ1v) is 9.18. The molecule has 2 rings (SSSR count). The van der Waals surface area contributed by atoms with Crippen LogP contribution in [0.4, 0.5) is 4.39 Å². The molecule has 26 heavy (non-hydrogen) atoms. The highest BCUT2D eigenvalue weighted by molar-refractivity contribution is 5.79. The minimum absolute atomic E-state index is 0.0246. The number of aryl methyl sites for hydroxylation is 1. The molecule has 1 N–H and O–H groups in total. The number of benzene rings is 1. The number of carbonyl (C=O) groups excluding carboxylic acids is 1. The first-order valence-electron chi connectivity index (χ1n) is 9.18. The van der Waals surface area contributed by atoms with Gasteiger partial charge >= 0.3 is 0 Å². The lowest BCUT2D eigenvalue weighted by Gasteiger charge is -2.07. The molecule has 142 valence electrons. The summed E-state index contributed by atoms with van der Waals surface area (Å²) in [7, 11) is 0. The lowest BCUT2D eigenvalue weighted by atomic mass is 10.1. The van der Waals surface area contributed by atoms with Gasteiger partial charge in [-0.25, -0.2) is 9.07 Å². The molecule has 1 amide bonds. The quantitative estimate of drug-likeness (QED) is 0.659. The number of aromatic nitrogens is 2. The molecule has 6 heteroatoms. The minimum atomic E-state index is -0.284. The molecular formula is C20H28FN3O2. The molecule has 1 aromatic carbocycles. The second-order valence-electron chi connectivity index (χ2n) is 6.38. The summed E-state index contributed by atoms with van der Waals surface area (Å²) >= 11 is 0. The fourth-order valence-electron chi connectivity index (χ4n) is 2.74. The predicted molar refractivity (Wildman–Crippen MR) is 100 cm³/mol. The lowest BCUT2D eigenvalue weighted by molar-refractivity contribution is -0.120. The van der Waals surface area contributed by atoms with Gasteiger partial charge in [0.15, 0.2) is 0 Å². The Balaban J connectivity index is 1.87. The van der Waals surface area contributed by atoms with E-state index in [1.54, 1.807) is 16.8 Å². The largest absolute Gasteiger partial charge is 0.381 e. The third kappa shape index (κ3) is 5.66. The van der Waals surface area contributed by atoms with Gasteiger partial charge < -0.3 is 10.1 Å². The van der Waals surface area contributed by atoms with Crippen LogP contribution in [0.3, 0.4) is 0 Å². The Hall–Kier alpha value is -2.21. The zero-order chi connectivity index (χ0) is 18.9.